The minimum absolute atomic E-state index is 0. The highest BCUT2D eigenvalue weighted by molar-refractivity contribution is 14.0. The van der Waals surface area contributed by atoms with Gasteiger partial charge in [0.25, 0.3) is 0 Å². The van der Waals surface area contributed by atoms with Crippen molar-refractivity contribution in [1.82, 2.24) is 10.6 Å². The van der Waals surface area contributed by atoms with Gasteiger partial charge in [-0.2, -0.15) is 13.2 Å². The van der Waals surface area contributed by atoms with Crippen LogP contribution in [0.5, 0.6) is 5.75 Å². The molecular formula is C22H28F3IN4O2. The Kier molecular flexibility index (Phi) is 11.3. The van der Waals surface area contributed by atoms with Gasteiger partial charge in [0, 0.05) is 38.3 Å². The van der Waals surface area contributed by atoms with Gasteiger partial charge in [-0.15, -0.1) is 24.0 Å². The van der Waals surface area contributed by atoms with Crippen LogP contribution in [0.2, 0.25) is 0 Å². The Morgan fingerprint density at radius 1 is 1.09 bits per heavy atom. The van der Waals surface area contributed by atoms with E-state index in [9.17, 15) is 18.0 Å². The van der Waals surface area contributed by atoms with E-state index in [-0.39, 0.29) is 42.2 Å². The van der Waals surface area contributed by atoms with E-state index in [1.807, 2.05) is 30.3 Å². The third-order valence-corrected chi connectivity index (χ3v) is 4.26. The van der Waals surface area contributed by atoms with Crippen LogP contribution in [0.1, 0.15) is 23.6 Å². The van der Waals surface area contributed by atoms with Crippen molar-refractivity contribution in [2.45, 2.75) is 33.0 Å². The van der Waals surface area contributed by atoms with Gasteiger partial charge in [0.05, 0.1) is 0 Å². The molecule has 32 heavy (non-hydrogen) atoms. The molecule has 0 aliphatic heterocycles. The Labute approximate surface area is 203 Å². The standard InChI is InChI=1S/C22H27F3N4O2.HI/c1-15-4-7-18(20(12-15)31-14-22(23,24)25)13-28-21(26-3)27-11-10-17-5-8-19(9-6-17)29-16(2)30;/h4-9,12H,10-11,13-14H2,1-3H3,(H,29,30)(H2,26,27,28);1H. The molecule has 1 amide bonds. The van der Waals surface area contributed by atoms with Gasteiger partial charge in [-0.25, -0.2) is 0 Å². The SMILES string of the molecule is CN=C(NCCc1ccc(NC(C)=O)cc1)NCc1ccc(C)cc1OCC(F)(F)F.I. The molecule has 0 atom stereocenters. The Hall–Kier alpha value is -2.50. The highest BCUT2D eigenvalue weighted by Gasteiger charge is 2.28. The number of guanidine groups is 1. The zero-order valence-electron chi connectivity index (χ0n) is 18.2. The lowest BCUT2D eigenvalue weighted by Crippen LogP contribution is -2.38. The summed E-state index contributed by atoms with van der Waals surface area (Å²) in [6, 6.07) is 12.7. The second kappa shape index (κ2) is 13.1. The van der Waals surface area contributed by atoms with E-state index in [4.69, 9.17) is 4.74 Å². The number of ether oxygens (including phenoxy) is 1. The first-order valence-corrected chi connectivity index (χ1v) is 9.76. The number of aryl methyl sites for hydroxylation is 1. The monoisotopic (exact) mass is 564 g/mol. The summed E-state index contributed by atoms with van der Waals surface area (Å²) in [5, 5.41) is 8.98. The molecule has 0 fully saturated rings. The second-order valence-corrected chi connectivity index (χ2v) is 7.00. The fraction of sp³-hybridized carbons (Fsp3) is 0.364. The predicted octanol–water partition coefficient (Wildman–Crippen LogP) is 4.42. The lowest BCUT2D eigenvalue weighted by molar-refractivity contribution is -0.153. The van der Waals surface area contributed by atoms with Crippen molar-refractivity contribution < 1.29 is 22.7 Å². The first kappa shape index (κ1) is 27.5. The summed E-state index contributed by atoms with van der Waals surface area (Å²) < 4.78 is 42.5. The number of benzene rings is 2. The Morgan fingerprint density at radius 2 is 1.78 bits per heavy atom. The topological polar surface area (TPSA) is 74.8 Å². The maximum atomic E-state index is 12.5. The quantitative estimate of drug-likeness (QED) is 0.252. The highest BCUT2D eigenvalue weighted by Crippen LogP contribution is 2.23. The molecule has 10 heteroatoms. The number of hydrogen-bond donors (Lipinski definition) is 3. The Balaban J connectivity index is 0.00000512. The van der Waals surface area contributed by atoms with Crippen molar-refractivity contribution in [3.63, 3.8) is 0 Å². The van der Waals surface area contributed by atoms with E-state index in [0.717, 1.165) is 23.2 Å². The molecule has 2 aromatic carbocycles. The molecule has 0 radical (unpaired) electrons. The van der Waals surface area contributed by atoms with Crippen molar-refractivity contribution >= 4 is 41.5 Å². The molecule has 0 saturated heterocycles. The first-order chi connectivity index (χ1) is 14.7. The van der Waals surface area contributed by atoms with Crippen molar-refractivity contribution in [2.24, 2.45) is 4.99 Å². The van der Waals surface area contributed by atoms with Gasteiger partial charge in [-0.05, 0) is 42.7 Å². The Morgan fingerprint density at radius 3 is 2.38 bits per heavy atom. The van der Waals surface area contributed by atoms with Crippen molar-refractivity contribution in [2.75, 3.05) is 25.5 Å². The number of alkyl halides is 3. The molecule has 0 saturated carbocycles. The summed E-state index contributed by atoms with van der Waals surface area (Å²) in [6.07, 6.45) is -3.67. The van der Waals surface area contributed by atoms with Crippen molar-refractivity contribution in [3.8, 4) is 5.75 Å². The fourth-order valence-electron chi connectivity index (χ4n) is 2.78. The van der Waals surface area contributed by atoms with Crippen LogP contribution in [-0.4, -0.2) is 38.2 Å². The van der Waals surface area contributed by atoms with E-state index < -0.39 is 12.8 Å². The van der Waals surface area contributed by atoms with Crippen molar-refractivity contribution in [1.29, 1.82) is 0 Å². The molecule has 0 heterocycles. The van der Waals surface area contributed by atoms with Gasteiger partial charge in [0.15, 0.2) is 12.6 Å². The van der Waals surface area contributed by atoms with Crippen LogP contribution in [0, 0.1) is 6.92 Å². The average Bonchev–Trinajstić information content (AvgIpc) is 2.70. The van der Waals surface area contributed by atoms with Crippen LogP contribution >= 0.6 is 24.0 Å². The molecule has 6 nitrogen and oxygen atoms in total. The third-order valence-electron chi connectivity index (χ3n) is 4.26. The zero-order chi connectivity index (χ0) is 22.9. The lowest BCUT2D eigenvalue weighted by Gasteiger charge is -2.16. The molecule has 0 aliphatic rings. The minimum atomic E-state index is -4.40. The fourth-order valence-corrected chi connectivity index (χ4v) is 2.78. The Bertz CT molecular complexity index is 903. The van der Waals surface area contributed by atoms with Gasteiger partial charge >= 0.3 is 6.18 Å². The molecule has 0 unspecified atom stereocenters. The molecule has 176 valence electrons. The molecule has 0 aliphatic carbocycles. The van der Waals surface area contributed by atoms with Crippen LogP contribution in [-0.2, 0) is 17.8 Å². The van der Waals surface area contributed by atoms with Gasteiger partial charge in [0.2, 0.25) is 5.91 Å². The number of amides is 1. The molecular weight excluding hydrogens is 536 g/mol. The van der Waals surface area contributed by atoms with Crippen LogP contribution in [0.3, 0.4) is 0 Å². The lowest BCUT2D eigenvalue weighted by atomic mass is 10.1. The first-order valence-electron chi connectivity index (χ1n) is 9.76. The summed E-state index contributed by atoms with van der Waals surface area (Å²) >= 11 is 0. The number of nitrogens with one attached hydrogen (secondary N) is 3. The number of nitrogens with zero attached hydrogens (tertiary/aromatic N) is 1. The normalized spacial score (nSPS) is 11.4. The number of hydrogen-bond acceptors (Lipinski definition) is 3. The van der Waals surface area contributed by atoms with E-state index in [1.165, 1.54) is 6.92 Å². The minimum Gasteiger partial charge on any atom is -0.484 e. The van der Waals surface area contributed by atoms with Gasteiger partial charge in [-0.1, -0.05) is 24.3 Å². The van der Waals surface area contributed by atoms with Gasteiger partial charge in [-0.3, -0.25) is 9.79 Å². The number of halogens is 4. The molecule has 0 bridgehead atoms. The molecule has 2 aromatic rings. The van der Waals surface area contributed by atoms with Crippen LogP contribution in [0.15, 0.2) is 47.5 Å². The second-order valence-electron chi connectivity index (χ2n) is 7.00. The van der Waals surface area contributed by atoms with Crippen LogP contribution in [0.4, 0.5) is 18.9 Å². The third kappa shape index (κ3) is 10.2. The van der Waals surface area contributed by atoms with Crippen LogP contribution < -0.4 is 20.7 Å². The number of anilines is 1. The number of carbonyl (C=O) groups is 1. The highest BCUT2D eigenvalue weighted by atomic mass is 127. The van der Waals surface area contributed by atoms with E-state index in [2.05, 4.69) is 20.9 Å². The largest absolute Gasteiger partial charge is 0.484 e. The smallest absolute Gasteiger partial charge is 0.422 e. The average molecular weight is 564 g/mol. The van der Waals surface area contributed by atoms with Crippen molar-refractivity contribution in [3.05, 3.63) is 59.2 Å². The van der Waals surface area contributed by atoms with Gasteiger partial charge in [0.1, 0.15) is 5.75 Å². The maximum absolute atomic E-state index is 12.5. The summed E-state index contributed by atoms with van der Waals surface area (Å²) in [4.78, 5) is 15.2. The molecule has 2 rings (SSSR count). The van der Waals surface area contributed by atoms with E-state index >= 15 is 0 Å². The summed E-state index contributed by atoms with van der Waals surface area (Å²) in [6.45, 7) is 2.78. The molecule has 0 spiro atoms. The van der Waals surface area contributed by atoms with E-state index in [0.29, 0.717) is 18.1 Å². The predicted molar refractivity (Wildman–Crippen MR) is 131 cm³/mol. The number of aliphatic imine (C=N–C) groups is 1. The molecule has 0 aromatic heterocycles. The van der Waals surface area contributed by atoms with E-state index in [1.54, 1.807) is 26.1 Å². The number of rotatable bonds is 8. The van der Waals surface area contributed by atoms with Crippen LogP contribution in [0.25, 0.3) is 0 Å². The number of carbonyl (C=O) groups excluding carboxylic acids is 1. The summed E-state index contributed by atoms with van der Waals surface area (Å²) in [5.74, 6) is 0.599. The zero-order valence-corrected chi connectivity index (χ0v) is 20.5. The molecule has 3 N–H and O–H groups in total. The summed E-state index contributed by atoms with van der Waals surface area (Å²) in [5.41, 5.74) is 3.24. The summed E-state index contributed by atoms with van der Waals surface area (Å²) in [7, 11) is 1.62. The van der Waals surface area contributed by atoms with Gasteiger partial charge < -0.3 is 20.7 Å². The maximum Gasteiger partial charge on any atom is 0.422 e.